The molecule has 32 heavy (non-hydrogen) atoms. The number of nitrogens with zero attached hydrogens (tertiary/aromatic N) is 4. The van der Waals surface area contributed by atoms with Gasteiger partial charge in [0.05, 0.1) is 18.5 Å². The summed E-state index contributed by atoms with van der Waals surface area (Å²) in [5, 5.41) is 27.2. The summed E-state index contributed by atoms with van der Waals surface area (Å²) in [5.74, 6) is 1.38. The summed E-state index contributed by atoms with van der Waals surface area (Å²) in [6.45, 7) is 6.10. The first-order valence-corrected chi connectivity index (χ1v) is 11.7. The summed E-state index contributed by atoms with van der Waals surface area (Å²) < 4.78 is 2.18. The summed E-state index contributed by atoms with van der Waals surface area (Å²) in [6.07, 6.45) is 8.08. The fourth-order valence-corrected chi connectivity index (χ4v) is 4.50. The van der Waals surface area contributed by atoms with Gasteiger partial charge < -0.3 is 25.4 Å². The monoisotopic (exact) mass is 438 g/mol. The van der Waals surface area contributed by atoms with Crippen molar-refractivity contribution in [3.8, 4) is 5.75 Å². The Morgan fingerprint density at radius 3 is 2.69 bits per heavy atom. The Hall–Kier alpha value is -2.87. The van der Waals surface area contributed by atoms with Crippen LogP contribution in [-0.2, 0) is 6.54 Å². The van der Waals surface area contributed by atoms with Crippen LogP contribution in [0.3, 0.4) is 0 Å². The van der Waals surface area contributed by atoms with Gasteiger partial charge in [-0.2, -0.15) is 9.97 Å². The summed E-state index contributed by atoms with van der Waals surface area (Å²) in [6, 6.07) is 5.96. The van der Waals surface area contributed by atoms with Crippen LogP contribution in [0, 0.1) is 6.92 Å². The molecule has 1 aliphatic rings. The van der Waals surface area contributed by atoms with E-state index in [2.05, 4.69) is 20.2 Å². The first-order valence-electron chi connectivity index (χ1n) is 11.7. The van der Waals surface area contributed by atoms with Crippen molar-refractivity contribution in [2.75, 3.05) is 10.6 Å². The fraction of sp³-hybridized carbons (Fsp3) is 0.542. The Kier molecular flexibility index (Phi) is 6.79. The molecular formula is C24H34N6O2. The number of phenols is 1. The van der Waals surface area contributed by atoms with Gasteiger partial charge in [0, 0.05) is 18.2 Å². The van der Waals surface area contributed by atoms with Crippen LogP contribution in [0.4, 0.5) is 11.8 Å². The molecule has 2 heterocycles. The summed E-state index contributed by atoms with van der Waals surface area (Å²) >= 11 is 0. The average Bonchev–Trinajstić information content (AvgIpc) is 3.22. The molecule has 0 aliphatic heterocycles. The van der Waals surface area contributed by atoms with Crippen molar-refractivity contribution in [1.29, 1.82) is 0 Å². The van der Waals surface area contributed by atoms with Crippen LogP contribution in [-0.4, -0.2) is 41.9 Å². The summed E-state index contributed by atoms with van der Waals surface area (Å²) in [7, 11) is 0. The number of aryl methyl sites for hydroxylation is 1. The van der Waals surface area contributed by atoms with E-state index in [9.17, 15) is 10.2 Å². The molecule has 3 aromatic rings. The van der Waals surface area contributed by atoms with Gasteiger partial charge >= 0.3 is 0 Å². The van der Waals surface area contributed by atoms with Crippen molar-refractivity contribution >= 4 is 22.9 Å². The number of hydrogen-bond acceptors (Lipinski definition) is 7. The maximum atomic E-state index is 10.4. The highest BCUT2D eigenvalue weighted by atomic mass is 16.3. The third kappa shape index (κ3) is 4.65. The predicted octanol–water partition coefficient (Wildman–Crippen LogP) is 4.53. The molecule has 2 unspecified atom stereocenters. The van der Waals surface area contributed by atoms with Gasteiger partial charge in [0.2, 0.25) is 5.95 Å². The zero-order valence-corrected chi connectivity index (χ0v) is 19.2. The molecule has 172 valence electrons. The molecule has 2 atom stereocenters. The Balaban J connectivity index is 1.70. The minimum Gasteiger partial charge on any atom is -0.507 e. The maximum Gasteiger partial charge on any atom is 0.227 e. The predicted molar refractivity (Wildman–Crippen MR) is 127 cm³/mol. The topological polar surface area (TPSA) is 108 Å². The standard InChI is InChI=1S/C24H34N6O2/c1-4-19(16(3)31)27-24-28-22(25-13-17-10-8-9-15(2)21(17)32)20-23(29-24)30(14-26-20)18-11-6-5-7-12-18/h8-10,14,16,18-19,31-32H,4-7,11-13H2,1-3H3,(H2,25,27,28,29). The second-order valence-electron chi connectivity index (χ2n) is 8.85. The minimum atomic E-state index is -0.525. The maximum absolute atomic E-state index is 10.4. The molecule has 0 bridgehead atoms. The van der Waals surface area contributed by atoms with Crippen LogP contribution in [0.1, 0.15) is 69.5 Å². The van der Waals surface area contributed by atoms with Crippen LogP contribution in [0.2, 0.25) is 0 Å². The SMILES string of the molecule is CCC(Nc1nc(NCc2cccc(C)c2O)c2ncn(C3CCCCC3)c2n1)C(C)O. The minimum absolute atomic E-state index is 0.146. The van der Waals surface area contributed by atoms with Crippen molar-refractivity contribution < 1.29 is 10.2 Å². The summed E-state index contributed by atoms with van der Waals surface area (Å²) in [5.41, 5.74) is 3.15. The lowest BCUT2D eigenvalue weighted by molar-refractivity contribution is 0.169. The number of nitrogens with one attached hydrogen (secondary N) is 2. The Morgan fingerprint density at radius 2 is 1.97 bits per heavy atom. The van der Waals surface area contributed by atoms with E-state index in [1.54, 1.807) is 6.92 Å². The highest BCUT2D eigenvalue weighted by Crippen LogP contribution is 2.32. The van der Waals surface area contributed by atoms with E-state index in [4.69, 9.17) is 9.97 Å². The van der Waals surface area contributed by atoms with E-state index in [0.717, 1.165) is 41.6 Å². The highest BCUT2D eigenvalue weighted by molar-refractivity contribution is 5.84. The van der Waals surface area contributed by atoms with Gasteiger partial charge in [-0.1, -0.05) is 44.4 Å². The van der Waals surface area contributed by atoms with Crippen LogP contribution >= 0.6 is 0 Å². The molecule has 1 aromatic carbocycles. The van der Waals surface area contributed by atoms with Crippen LogP contribution < -0.4 is 10.6 Å². The lowest BCUT2D eigenvalue weighted by Gasteiger charge is -2.24. The Bertz CT molecular complexity index is 1060. The molecule has 4 rings (SSSR count). The molecule has 8 nitrogen and oxygen atoms in total. The molecule has 1 aliphatic carbocycles. The van der Waals surface area contributed by atoms with Crippen LogP contribution in [0.25, 0.3) is 11.2 Å². The molecule has 2 aromatic heterocycles. The smallest absolute Gasteiger partial charge is 0.227 e. The fourth-order valence-electron chi connectivity index (χ4n) is 4.50. The van der Waals surface area contributed by atoms with Crippen molar-refractivity contribution in [3.63, 3.8) is 0 Å². The number of fused-ring (bicyclic) bond motifs is 1. The molecule has 0 amide bonds. The zero-order chi connectivity index (χ0) is 22.7. The normalized spacial score (nSPS) is 16.8. The van der Waals surface area contributed by atoms with Gasteiger partial charge in [-0.15, -0.1) is 0 Å². The Morgan fingerprint density at radius 1 is 1.19 bits per heavy atom. The van der Waals surface area contributed by atoms with Gasteiger partial charge in [0.25, 0.3) is 0 Å². The zero-order valence-electron chi connectivity index (χ0n) is 19.2. The van der Waals surface area contributed by atoms with E-state index >= 15 is 0 Å². The number of aromatic hydroxyl groups is 1. The van der Waals surface area contributed by atoms with Crippen molar-refractivity contribution in [1.82, 2.24) is 19.5 Å². The van der Waals surface area contributed by atoms with E-state index in [0.29, 0.717) is 24.4 Å². The van der Waals surface area contributed by atoms with Crippen LogP contribution in [0.15, 0.2) is 24.5 Å². The highest BCUT2D eigenvalue weighted by Gasteiger charge is 2.22. The third-order valence-corrected chi connectivity index (χ3v) is 6.49. The molecule has 1 saturated carbocycles. The number of aromatic nitrogens is 4. The largest absolute Gasteiger partial charge is 0.507 e. The van der Waals surface area contributed by atoms with Crippen molar-refractivity contribution in [2.24, 2.45) is 0 Å². The number of rotatable bonds is 8. The Labute approximate surface area is 189 Å². The van der Waals surface area contributed by atoms with Gasteiger partial charge in [-0.25, -0.2) is 4.98 Å². The number of para-hydroxylation sites is 1. The number of benzene rings is 1. The first kappa shape index (κ1) is 22.3. The first-order chi connectivity index (χ1) is 15.5. The molecule has 0 saturated heterocycles. The van der Waals surface area contributed by atoms with E-state index < -0.39 is 6.10 Å². The lowest BCUT2D eigenvalue weighted by atomic mass is 9.95. The number of imidazole rings is 1. The summed E-state index contributed by atoms with van der Waals surface area (Å²) in [4.78, 5) is 14.2. The molecule has 1 fully saturated rings. The molecule has 4 N–H and O–H groups in total. The average molecular weight is 439 g/mol. The molecule has 8 heteroatoms. The van der Waals surface area contributed by atoms with Gasteiger partial charge in [-0.05, 0) is 38.7 Å². The third-order valence-electron chi connectivity index (χ3n) is 6.49. The van der Waals surface area contributed by atoms with Crippen molar-refractivity contribution in [2.45, 2.75) is 84.0 Å². The van der Waals surface area contributed by atoms with Crippen LogP contribution in [0.5, 0.6) is 5.75 Å². The quantitative estimate of drug-likeness (QED) is 0.409. The molecule has 0 radical (unpaired) electrons. The number of anilines is 2. The second-order valence-corrected chi connectivity index (χ2v) is 8.85. The number of hydrogen-bond donors (Lipinski definition) is 4. The van der Waals surface area contributed by atoms with Gasteiger partial charge in [0.15, 0.2) is 17.0 Å². The van der Waals surface area contributed by atoms with Crippen molar-refractivity contribution in [3.05, 3.63) is 35.7 Å². The number of aliphatic hydroxyl groups excluding tert-OH is 1. The van der Waals surface area contributed by atoms with E-state index in [1.807, 2.05) is 38.4 Å². The lowest BCUT2D eigenvalue weighted by Crippen LogP contribution is -2.31. The van der Waals surface area contributed by atoms with E-state index in [-0.39, 0.29) is 11.8 Å². The van der Waals surface area contributed by atoms with E-state index in [1.165, 1.54) is 19.3 Å². The number of aliphatic hydroxyl groups is 1. The van der Waals surface area contributed by atoms with Gasteiger partial charge in [-0.3, -0.25) is 0 Å². The molecule has 0 spiro atoms. The molecular weight excluding hydrogens is 404 g/mol. The second kappa shape index (κ2) is 9.73. The van der Waals surface area contributed by atoms with Gasteiger partial charge in [0.1, 0.15) is 5.75 Å². The number of phenolic OH excluding ortho intramolecular Hbond substituents is 1.